The van der Waals surface area contributed by atoms with Gasteiger partial charge in [-0.05, 0) is 0 Å². The Balaban J connectivity index is 1.78. The third-order valence-electron chi connectivity index (χ3n) is 4.95. The second kappa shape index (κ2) is 11.6. The third-order valence-corrected chi connectivity index (χ3v) is 14.8. The zero-order valence-corrected chi connectivity index (χ0v) is 21.1. The van der Waals surface area contributed by atoms with Gasteiger partial charge >= 0.3 is 201 Å². The average molecular weight is 527 g/mol. The van der Waals surface area contributed by atoms with E-state index in [1.54, 1.807) is 0 Å². The standard InChI is InChI=1S/C26H23P2.2ClH.Ni/c1-5-13-23(14-6-1)27(24-15-7-2-8-16-24)21-22-28(25-17-9-3-10-18-25)26-19-11-4-12-20-26;;;/h1-21H,22H2;2*1H;/q;;;+2/p-2. The van der Waals surface area contributed by atoms with Crippen molar-refractivity contribution >= 4 is 57.4 Å². The normalized spacial score (nSPS) is 12.7. The van der Waals surface area contributed by atoms with E-state index in [0.717, 1.165) is 6.16 Å². The van der Waals surface area contributed by atoms with Gasteiger partial charge < -0.3 is 0 Å². The quantitative estimate of drug-likeness (QED) is 0.181. The first kappa shape index (κ1) is 23.0. The fourth-order valence-electron chi connectivity index (χ4n) is 3.53. The van der Waals surface area contributed by atoms with Gasteiger partial charge in [0.1, 0.15) is 0 Å². The predicted molar refractivity (Wildman–Crippen MR) is 139 cm³/mol. The summed E-state index contributed by atoms with van der Waals surface area (Å²) in [6.45, 7) is 0. The van der Waals surface area contributed by atoms with Gasteiger partial charge in [-0.3, -0.25) is 0 Å². The molecule has 5 heteroatoms. The van der Waals surface area contributed by atoms with Crippen LogP contribution in [0.25, 0.3) is 0 Å². The van der Waals surface area contributed by atoms with Crippen molar-refractivity contribution < 1.29 is 11.6 Å². The molecule has 0 nitrogen and oxygen atoms in total. The maximum absolute atomic E-state index is 6.79. The van der Waals surface area contributed by atoms with E-state index in [1.165, 1.54) is 21.2 Å². The molecule has 0 heterocycles. The molecular formula is C26H23Cl2NiP2. The van der Waals surface area contributed by atoms with Crippen LogP contribution in [0.5, 0.6) is 0 Å². The Labute approximate surface area is 200 Å². The summed E-state index contributed by atoms with van der Waals surface area (Å²) in [5.74, 6) is 0. The molecule has 0 fully saturated rings. The molecule has 0 radical (unpaired) electrons. The second-order valence-electron chi connectivity index (χ2n) is 6.90. The molecule has 0 amide bonds. The van der Waals surface area contributed by atoms with E-state index < -0.39 is 27.5 Å². The molecule has 161 valence electrons. The summed E-state index contributed by atoms with van der Waals surface area (Å²) < 4.78 is 0.176. The molecule has 0 spiro atoms. The summed E-state index contributed by atoms with van der Waals surface area (Å²) in [5.41, 5.74) is 0. The zero-order valence-electron chi connectivity index (χ0n) is 16.8. The van der Waals surface area contributed by atoms with Gasteiger partial charge in [0.25, 0.3) is 0 Å². The van der Waals surface area contributed by atoms with Crippen LogP contribution in [-0.2, 0) is 11.6 Å². The monoisotopic (exact) mass is 525 g/mol. The molecule has 1 atom stereocenters. The van der Waals surface area contributed by atoms with E-state index in [-0.39, 0.29) is 4.63 Å². The minimum atomic E-state index is -0.917. The Kier molecular flexibility index (Phi) is 8.61. The molecule has 0 aromatic heterocycles. The predicted octanol–water partition coefficient (Wildman–Crippen LogP) is 6.50. The van der Waals surface area contributed by atoms with E-state index in [2.05, 4.69) is 121 Å². The van der Waals surface area contributed by atoms with E-state index in [9.17, 15) is 0 Å². The van der Waals surface area contributed by atoms with Gasteiger partial charge in [-0.2, -0.15) is 0 Å². The molecule has 1 unspecified atom stereocenters. The van der Waals surface area contributed by atoms with Gasteiger partial charge in [-0.1, -0.05) is 0 Å². The summed E-state index contributed by atoms with van der Waals surface area (Å²) >= 11 is -0.917. The van der Waals surface area contributed by atoms with Crippen LogP contribution in [0.4, 0.5) is 0 Å². The van der Waals surface area contributed by atoms with Gasteiger partial charge in [0.2, 0.25) is 0 Å². The van der Waals surface area contributed by atoms with Crippen molar-refractivity contribution in [2.75, 3.05) is 6.16 Å². The number of benzene rings is 4. The van der Waals surface area contributed by atoms with Crippen LogP contribution in [0.3, 0.4) is 0 Å². The summed E-state index contributed by atoms with van der Waals surface area (Å²) in [6, 6.07) is 43.1. The van der Waals surface area contributed by atoms with Crippen molar-refractivity contribution in [3.63, 3.8) is 0 Å². The van der Waals surface area contributed by atoms with Crippen molar-refractivity contribution in [3.05, 3.63) is 121 Å². The van der Waals surface area contributed by atoms with Crippen molar-refractivity contribution in [3.8, 4) is 0 Å². The molecule has 0 N–H and O–H groups in total. The van der Waals surface area contributed by atoms with Gasteiger partial charge in [-0.25, -0.2) is 0 Å². The Bertz CT molecular complexity index is 969. The number of rotatable bonds is 8. The van der Waals surface area contributed by atoms with Crippen LogP contribution in [0.2, 0.25) is 0 Å². The summed E-state index contributed by atoms with van der Waals surface area (Å²) in [4.78, 5) is 0. The minimum absolute atomic E-state index is 0.176. The molecule has 31 heavy (non-hydrogen) atoms. The van der Waals surface area contributed by atoms with Gasteiger partial charge in [-0.15, -0.1) is 0 Å². The van der Waals surface area contributed by atoms with Crippen molar-refractivity contribution in [1.29, 1.82) is 0 Å². The van der Waals surface area contributed by atoms with Gasteiger partial charge in [0.15, 0.2) is 0 Å². The number of halogens is 2. The maximum atomic E-state index is 6.79. The molecule has 0 saturated heterocycles. The summed E-state index contributed by atoms with van der Waals surface area (Å²) in [6.07, 6.45) is 0.960. The molecular weight excluding hydrogens is 504 g/mol. The van der Waals surface area contributed by atoms with E-state index in [0.29, 0.717) is 0 Å². The molecule has 0 aliphatic heterocycles. The van der Waals surface area contributed by atoms with Crippen LogP contribution >= 0.6 is 36.2 Å². The van der Waals surface area contributed by atoms with Crippen LogP contribution in [0.1, 0.15) is 0 Å². The number of hydrogen-bond donors (Lipinski definition) is 0. The first-order chi connectivity index (χ1) is 15.2. The van der Waals surface area contributed by atoms with Crippen LogP contribution < -0.4 is 21.2 Å². The van der Waals surface area contributed by atoms with Crippen molar-refractivity contribution in [2.24, 2.45) is 0 Å². The molecule has 4 rings (SSSR count). The molecule has 0 aliphatic carbocycles. The van der Waals surface area contributed by atoms with E-state index in [1.807, 2.05) is 0 Å². The summed E-state index contributed by atoms with van der Waals surface area (Å²) in [7, 11) is 12.3. The fraction of sp³-hybridized carbons (Fsp3) is 0.0769. The molecule has 0 bridgehead atoms. The molecule has 4 aromatic rings. The van der Waals surface area contributed by atoms with Crippen LogP contribution in [0, 0.1) is 0 Å². The molecule has 0 aliphatic rings. The SMILES string of the molecule is [Cl][Ni]([Cl])[CH](CP(c1ccccc1)c1ccccc1)P(c1ccccc1)c1ccccc1. The Morgan fingerprint density at radius 1 is 0.516 bits per heavy atom. The third kappa shape index (κ3) is 5.99. The summed E-state index contributed by atoms with van der Waals surface area (Å²) in [5, 5.41) is 5.39. The zero-order chi connectivity index (χ0) is 21.5. The number of hydrogen-bond acceptors (Lipinski definition) is 0. The average Bonchev–Trinajstić information content (AvgIpc) is 2.84. The Morgan fingerprint density at radius 2 is 0.839 bits per heavy atom. The molecule has 4 aromatic carbocycles. The van der Waals surface area contributed by atoms with Crippen molar-refractivity contribution in [1.82, 2.24) is 0 Å². The van der Waals surface area contributed by atoms with Gasteiger partial charge in [0.05, 0.1) is 0 Å². The Morgan fingerprint density at radius 3 is 1.16 bits per heavy atom. The topological polar surface area (TPSA) is 0 Å². The van der Waals surface area contributed by atoms with Gasteiger partial charge in [0, 0.05) is 0 Å². The van der Waals surface area contributed by atoms with E-state index in [4.69, 9.17) is 20.4 Å². The van der Waals surface area contributed by atoms with Crippen LogP contribution in [0.15, 0.2) is 121 Å². The van der Waals surface area contributed by atoms with E-state index >= 15 is 0 Å². The second-order valence-corrected chi connectivity index (χ2v) is 15.8. The Hall–Kier alpha value is -1.19. The first-order valence-corrected chi connectivity index (χ1v) is 16.2. The first-order valence-electron chi connectivity index (χ1n) is 9.94. The van der Waals surface area contributed by atoms with Crippen molar-refractivity contribution in [2.45, 2.75) is 4.63 Å². The fourth-order valence-corrected chi connectivity index (χ4v) is 13.9. The van der Waals surface area contributed by atoms with Crippen LogP contribution in [-0.4, -0.2) is 10.8 Å². The molecule has 0 saturated carbocycles.